The van der Waals surface area contributed by atoms with Crippen molar-refractivity contribution in [3.8, 4) is 0 Å². The summed E-state index contributed by atoms with van der Waals surface area (Å²) in [5.74, 6) is 0.0927. The molecule has 0 bridgehead atoms. The van der Waals surface area contributed by atoms with Crippen molar-refractivity contribution in [2.24, 2.45) is 0 Å². The molecule has 0 fully saturated rings. The second-order valence-corrected chi connectivity index (χ2v) is 5.47. The molecule has 0 aliphatic carbocycles. The average molecular weight is 318 g/mol. The maximum Gasteiger partial charge on any atom is 0.181 e. The number of aryl methyl sites for hydroxylation is 2. The number of anilines is 1. The van der Waals surface area contributed by atoms with E-state index in [1.54, 1.807) is 0 Å². The number of ketones is 1. The topological polar surface area (TPSA) is 29.1 Å². The number of carbonyl (C=O) groups excluding carboxylic acids is 1. The summed E-state index contributed by atoms with van der Waals surface area (Å²) in [5, 5.41) is 3.23. The summed E-state index contributed by atoms with van der Waals surface area (Å²) in [4.78, 5) is 12.1. The summed E-state index contributed by atoms with van der Waals surface area (Å²) < 4.78 is 0.978. The Hall–Kier alpha value is -1.61. The van der Waals surface area contributed by atoms with Crippen LogP contribution in [0.25, 0.3) is 0 Å². The number of halogens is 1. The zero-order valence-electron chi connectivity index (χ0n) is 11.0. The highest BCUT2D eigenvalue weighted by Crippen LogP contribution is 2.19. The van der Waals surface area contributed by atoms with E-state index in [-0.39, 0.29) is 5.78 Å². The van der Waals surface area contributed by atoms with Gasteiger partial charge in [0.2, 0.25) is 0 Å². The molecule has 0 heterocycles. The zero-order valence-corrected chi connectivity index (χ0v) is 12.6. The highest BCUT2D eigenvalue weighted by molar-refractivity contribution is 9.10. The number of hydrogen-bond acceptors (Lipinski definition) is 2. The van der Waals surface area contributed by atoms with Gasteiger partial charge in [-0.15, -0.1) is 0 Å². The molecule has 0 aliphatic heterocycles. The van der Waals surface area contributed by atoms with Gasteiger partial charge in [-0.25, -0.2) is 0 Å². The van der Waals surface area contributed by atoms with Crippen LogP contribution in [-0.2, 0) is 0 Å². The molecular formula is C16H16BrNO. The average Bonchev–Trinajstić information content (AvgIpc) is 2.38. The Labute approximate surface area is 122 Å². The van der Waals surface area contributed by atoms with Crippen LogP contribution in [0, 0.1) is 13.8 Å². The predicted molar refractivity (Wildman–Crippen MR) is 82.9 cm³/mol. The van der Waals surface area contributed by atoms with Gasteiger partial charge in [0.15, 0.2) is 5.78 Å². The van der Waals surface area contributed by atoms with Gasteiger partial charge in [-0.1, -0.05) is 46.3 Å². The first-order valence-corrected chi connectivity index (χ1v) is 6.96. The van der Waals surface area contributed by atoms with Crippen LogP contribution in [0.5, 0.6) is 0 Å². The highest BCUT2D eigenvalue weighted by Gasteiger charge is 2.07. The molecule has 0 unspecified atom stereocenters. The molecular weight excluding hydrogens is 302 g/mol. The molecule has 2 aromatic carbocycles. The summed E-state index contributed by atoms with van der Waals surface area (Å²) in [5.41, 5.74) is 4.09. The number of carbonyl (C=O) groups is 1. The first-order valence-electron chi connectivity index (χ1n) is 6.17. The van der Waals surface area contributed by atoms with Crippen LogP contribution >= 0.6 is 15.9 Å². The normalized spacial score (nSPS) is 10.3. The quantitative estimate of drug-likeness (QED) is 0.849. The predicted octanol–water partition coefficient (Wildman–Crippen LogP) is 4.36. The van der Waals surface area contributed by atoms with Gasteiger partial charge in [-0.3, -0.25) is 4.79 Å². The molecule has 1 N–H and O–H groups in total. The van der Waals surface area contributed by atoms with Crippen molar-refractivity contribution in [3.63, 3.8) is 0 Å². The van der Waals surface area contributed by atoms with Gasteiger partial charge in [0.05, 0.1) is 6.54 Å². The van der Waals surface area contributed by atoms with Gasteiger partial charge in [0.1, 0.15) is 0 Å². The lowest BCUT2D eigenvalue weighted by atomic mass is 10.1. The van der Waals surface area contributed by atoms with E-state index in [0.717, 1.165) is 26.9 Å². The van der Waals surface area contributed by atoms with Gasteiger partial charge in [-0.2, -0.15) is 0 Å². The summed E-state index contributed by atoms with van der Waals surface area (Å²) in [6, 6.07) is 13.5. The smallest absolute Gasteiger partial charge is 0.181 e. The fourth-order valence-corrected chi connectivity index (χ4v) is 2.26. The van der Waals surface area contributed by atoms with Gasteiger partial charge < -0.3 is 5.32 Å². The molecule has 98 valence electrons. The Morgan fingerprint density at radius 3 is 2.21 bits per heavy atom. The summed E-state index contributed by atoms with van der Waals surface area (Å²) in [7, 11) is 0. The van der Waals surface area contributed by atoms with Crippen LogP contribution in [0.4, 0.5) is 5.69 Å². The van der Waals surface area contributed by atoms with Crippen molar-refractivity contribution in [1.29, 1.82) is 0 Å². The van der Waals surface area contributed by atoms with E-state index >= 15 is 0 Å². The van der Waals surface area contributed by atoms with Crippen LogP contribution < -0.4 is 5.32 Å². The summed E-state index contributed by atoms with van der Waals surface area (Å²) >= 11 is 3.36. The van der Waals surface area contributed by atoms with Gasteiger partial charge in [0, 0.05) is 15.7 Å². The van der Waals surface area contributed by atoms with Crippen LogP contribution in [-0.4, -0.2) is 12.3 Å². The molecule has 0 saturated carbocycles. The second-order valence-electron chi connectivity index (χ2n) is 4.55. The van der Waals surface area contributed by atoms with E-state index in [9.17, 15) is 4.79 Å². The minimum Gasteiger partial charge on any atom is -0.377 e. The van der Waals surface area contributed by atoms with Crippen LogP contribution in [0.3, 0.4) is 0 Å². The fraction of sp³-hybridized carbons (Fsp3) is 0.188. The molecule has 2 aromatic rings. The lowest BCUT2D eigenvalue weighted by Gasteiger charge is -2.12. The Bertz CT molecular complexity index is 570. The van der Waals surface area contributed by atoms with E-state index in [1.165, 1.54) is 0 Å². The zero-order chi connectivity index (χ0) is 13.8. The molecule has 2 nitrogen and oxygen atoms in total. The molecule has 0 aliphatic rings. The summed E-state index contributed by atoms with van der Waals surface area (Å²) in [6.45, 7) is 4.40. The third kappa shape index (κ3) is 3.44. The van der Waals surface area contributed by atoms with Gasteiger partial charge in [-0.05, 0) is 37.1 Å². The number of nitrogens with one attached hydrogen (secondary N) is 1. The minimum atomic E-state index is 0.0927. The van der Waals surface area contributed by atoms with Crippen LogP contribution in [0.1, 0.15) is 21.5 Å². The largest absolute Gasteiger partial charge is 0.377 e. The van der Waals surface area contributed by atoms with Crippen molar-refractivity contribution >= 4 is 27.4 Å². The molecule has 0 atom stereocenters. The molecule has 0 radical (unpaired) electrons. The molecule has 0 spiro atoms. The van der Waals surface area contributed by atoms with E-state index in [4.69, 9.17) is 0 Å². The van der Waals surface area contributed by atoms with Gasteiger partial charge >= 0.3 is 0 Å². The molecule has 3 heteroatoms. The number of para-hydroxylation sites is 1. The lowest BCUT2D eigenvalue weighted by molar-refractivity contribution is 0.101. The third-order valence-corrected chi connectivity index (χ3v) is 3.60. The van der Waals surface area contributed by atoms with E-state index < -0.39 is 0 Å². The van der Waals surface area contributed by atoms with E-state index in [2.05, 4.69) is 21.2 Å². The first kappa shape index (κ1) is 13.8. The Kier molecular flexibility index (Phi) is 4.38. The minimum absolute atomic E-state index is 0.0927. The van der Waals surface area contributed by atoms with Crippen molar-refractivity contribution in [1.82, 2.24) is 0 Å². The first-order chi connectivity index (χ1) is 9.08. The van der Waals surface area contributed by atoms with Crippen molar-refractivity contribution < 1.29 is 4.79 Å². The third-order valence-electron chi connectivity index (χ3n) is 3.07. The standard InChI is InChI=1S/C16H16BrNO/c1-11-4-3-5-12(2)16(11)18-10-15(19)13-6-8-14(17)9-7-13/h3-9,18H,10H2,1-2H3. The Morgan fingerprint density at radius 2 is 1.63 bits per heavy atom. The SMILES string of the molecule is Cc1cccc(C)c1NCC(=O)c1ccc(Br)cc1. The monoisotopic (exact) mass is 317 g/mol. The van der Waals surface area contributed by atoms with Crippen molar-refractivity contribution in [3.05, 3.63) is 63.6 Å². The maximum atomic E-state index is 12.1. The van der Waals surface area contributed by atoms with Crippen molar-refractivity contribution in [2.75, 3.05) is 11.9 Å². The van der Waals surface area contributed by atoms with Crippen molar-refractivity contribution in [2.45, 2.75) is 13.8 Å². The number of Topliss-reactive ketones (excluding diaryl/α,β-unsaturated/α-hetero) is 1. The molecule has 0 saturated heterocycles. The number of benzene rings is 2. The number of rotatable bonds is 4. The Balaban J connectivity index is 2.06. The van der Waals surface area contributed by atoms with Crippen LogP contribution in [0.15, 0.2) is 46.9 Å². The lowest BCUT2D eigenvalue weighted by Crippen LogP contribution is -2.15. The Morgan fingerprint density at radius 1 is 1.05 bits per heavy atom. The number of hydrogen-bond donors (Lipinski definition) is 1. The molecule has 0 aromatic heterocycles. The van der Waals surface area contributed by atoms with Gasteiger partial charge in [0.25, 0.3) is 0 Å². The van der Waals surface area contributed by atoms with Crippen LogP contribution in [0.2, 0.25) is 0 Å². The van der Waals surface area contributed by atoms with E-state index in [0.29, 0.717) is 6.54 Å². The fourth-order valence-electron chi connectivity index (χ4n) is 2.00. The highest BCUT2D eigenvalue weighted by atomic mass is 79.9. The molecule has 19 heavy (non-hydrogen) atoms. The second kappa shape index (κ2) is 6.02. The van der Waals surface area contributed by atoms with E-state index in [1.807, 2.05) is 56.3 Å². The maximum absolute atomic E-state index is 12.1. The molecule has 0 amide bonds. The summed E-state index contributed by atoms with van der Waals surface area (Å²) in [6.07, 6.45) is 0. The molecule has 2 rings (SSSR count).